The summed E-state index contributed by atoms with van der Waals surface area (Å²) in [7, 11) is -2.03. The van der Waals surface area contributed by atoms with Crippen molar-refractivity contribution in [3.05, 3.63) is 42.2 Å². The Kier molecular flexibility index (Phi) is 5.73. The van der Waals surface area contributed by atoms with Gasteiger partial charge in [-0.25, -0.2) is 18.4 Å². The van der Waals surface area contributed by atoms with Crippen LogP contribution in [0.15, 0.2) is 41.6 Å². The average molecular weight is 377 g/mol. The topological polar surface area (TPSA) is 81.6 Å². The van der Waals surface area contributed by atoms with Crippen molar-refractivity contribution in [2.45, 2.75) is 37.2 Å². The molecular weight excluding hydrogens is 354 g/mol. The maximum absolute atomic E-state index is 12.8. The molecule has 2 aromatic rings. The first-order valence-electron chi connectivity index (χ1n) is 8.65. The molecule has 1 fully saturated rings. The quantitative estimate of drug-likeness (QED) is 0.736. The summed E-state index contributed by atoms with van der Waals surface area (Å²) >= 11 is 0. The van der Waals surface area contributed by atoms with E-state index in [-0.39, 0.29) is 18.5 Å². The minimum atomic E-state index is -3.53. The van der Waals surface area contributed by atoms with E-state index >= 15 is 0 Å². The predicted octanol–water partition coefficient (Wildman–Crippen LogP) is 2.28. The zero-order chi connectivity index (χ0) is 18.6. The SMILES string of the molecule is CCCc1ccc(S(=O)(=O)N2CCC(Oc3nccnc3OC)C2)cc1. The standard InChI is InChI=1S/C18H23N3O4S/c1-3-4-14-5-7-16(8-6-14)26(22,23)21-12-9-15(13-21)25-18-17(24-2)19-10-11-20-18/h5-8,10-11,15H,3-4,9,12-13H2,1-2H3. The zero-order valence-electron chi connectivity index (χ0n) is 15.0. The van der Waals surface area contributed by atoms with Gasteiger partial charge in [0.15, 0.2) is 0 Å². The maximum atomic E-state index is 12.8. The molecule has 8 heteroatoms. The Bertz CT molecular complexity index is 840. The number of benzene rings is 1. The molecule has 0 amide bonds. The van der Waals surface area contributed by atoms with E-state index in [1.165, 1.54) is 23.8 Å². The summed E-state index contributed by atoms with van der Waals surface area (Å²) in [5.41, 5.74) is 1.14. The van der Waals surface area contributed by atoms with Crippen LogP contribution < -0.4 is 9.47 Å². The Morgan fingerprint density at radius 1 is 1.15 bits per heavy atom. The van der Waals surface area contributed by atoms with E-state index in [1.807, 2.05) is 12.1 Å². The zero-order valence-corrected chi connectivity index (χ0v) is 15.8. The number of ether oxygens (including phenoxy) is 2. The first-order chi connectivity index (χ1) is 12.5. The monoisotopic (exact) mass is 377 g/mol. The molecule has 2 heterocycles. The molecule has 1 aromatic carbocycles. The van der Waals surface area contributed by atoms with Crippen LogP contribution in [0.25, 0.3) is 0 Å². The van der Waals surface area contributed by atoms with E-state index < -0.39 is 10.0 Å². The lowest BCUT2D eigenvalue weighted by atomic mass is 10.1. The van der Waals surface area contributed by atoms with Crippen LogP contribution in [0.4, 0.5) is 0 Å². The number of aromatic nitrogens is 2. The predicted molar refractivity (Wildman–Crippen MR) is 96.8 cm³/mol. The van der Waals surface area contributed by atoms with Gasteiger partial charge in [0.25, 0.3) is 11.8 Å². The highest BCUT2D eigenvalue weighted by Crippen LogP contribution is 2.27. The molecule has 0 N–H and O–H groups in total. The van der Waals surface area contributed by atoms with E-state index in [4.69, 9.17) is 9.47 Å². The Morgan fingerprint density at radius 2 is 1.85 bits per heavy atom. The summed E-state index contributed by atoms with van der Waals surface area (Å²) in [6.07, 6.45) is 5.31. The van der Waals surface area contributed by atoms with Gasteiger partial charge in [0.05, 0.1) is 18.6 Å². The fourth-order valence-electron chi connectivity index (χ4n) is 2.97. The summed E-state index contributed by atoms with van der Waals surface area (Å²) < 4.78 is 38.1. The third-order valence-electron chi connectivity index (χ3n) is 4.31. The third-order valence-corrected chi connectivity index (χ3v) is 6.19. The number of methoxy groups -OCH3 is 1. The minimum absolute atomic E-state index is 0.277. The highest BCUT2D eigenvalue weighted by atomic mass is 32.2. The van der Waals surface area contributed by atoms with Gasteiger partial charge in [0.2, 0.25) is 10.0 Å². The number of hydrogen-bond acceptors (Lipinski definition) is 6. The third kappa shape index (κ3) is 3.96. The van der Waals surface area contributed by atoms with Gasteiger partial charge in [-0.2, -0.15) is 4.31 Å². The van der Waals surface area contributed by atoms with Crippen molar-refractivity contribution in [3.8, 4) is 11.8 Å². The second-order valence-corrected chi connectivity index (χ2v) is 8.09. The molecule has 1 aliphatic heterocycles. The van der Waals surface area contributed by atoms with Gasteiger partial charge in [-0.1, -0.05) is 25.5 Å². The first kappa shape index (κ1) is 18.6. The molecule has 0 radical (unpaired) electrons. The van der Waals surface area contributed by atoms with Crippen LogP contribution in [-0.2, 0) is 16.4 Å². The van der Waals surface area contributed by atoms with E-state index in [9.17, 15) is 8.42 Å². The van der Waals surface area contributed by atoms with E-state index in [1.54, 1.807) is 12.1 Å². The van der Waals surface area contributed by atoms with Crippen molar-refractivity contribution in [2.24, 2.45) is 0 Å². The smallest absolute Gasteiger partial charge is 0.278 e. The Balaban J connectivity index is 1.69. The van der Waals surface area contributed by atoms with Crippen LogP contribution in [0.1, 0.15) is 25.3 Å². The lowest BCUT2D eigenvalue weighted by Gasteiger charge is -2.17. The van der Waals surface area contributed by atoms with Gasteiger partial charge in [-0.3, -0.25) is 0 Å². The number of sulfonamides is 1. The van der Waals surface area contributed by atoms with Crippen LogP contribution in [-0.4, -0.2) is 49.0 Å². The molecule has 0 saturated carbocycles. The molecule has 140 valence electrons. The van der Waals surface area contributed by atoms with Crippen molar-refractivity contribution in [1.82, 2.24) is 14.3 Å². The summed E-state index contributed by atoms with van der Waals surface area (Å²) in [6.45, 7) is 2.78. The number of nitrogens with zero attached hydrogens (tertiary/aromatic N) is 3. The van der Waals surface area contributed by atoms with Gasteiger partial charge in [-0.05, 0) is 30.5 Å². The number of hydrogen-bond donors (Lipinski definition) is 0. The molecule has 3 rings (SSSR count). The lowest BCUT2D eigenvalue weighted by Crippen LogP contribution is -2.31. The van der Waals surface area contributed by atoms with Crippen molar-refractivity contribution in [3.63, 3.8) is 0 Å². The second kappa shape index (κ2) is 8.01. The Morgan fingerprint density at radius 3 is 2.50 bits per heavy atom. The molecule has 1 aliphatic rings. The molecule has 1 unspecified atom stereocenters. The highest BCUT2D eigenvalue weighted by molar-refractivity contribution is 7.89. The molecule has 1 aromatic heterocycles. The number of aryl methyl sites for hydroxylation is 1. The van der Waals surface area contributed by atoms with Crippen LogP contribution in [0.5, 0.6) is 11.8 Å². The van der Waals surface area contributed by atoms with Gasteiger partial charge in [-0.15, -0.1) is 0 Å². The molecule has 26 heavy (non-hydrogen) atoms. The van der Waals surface area contributed by atoms with Crippen LogP contribution >= 0.6 is 0 Å². The van der Waals surface area contributed by atoms with Crippen molar-refractivity contribution >= 4 is 10.0 Å². The van der Waals surface area contributed by atoms with Crippen LogP contribution in [0.3, 0.4) is 0 Å². The summed E-state index contributed by atoms with van der Waals surface area (Å²) in [5, 5.41) is 0. The van der Waals surface area contributed by atoms with Gasteiger partial charge < -0.3 is 9.47 Å². The van der Waals surface area contributed by atoms with Crippen molar-refractivity contribution in [2.75, 3.05) is 20.2 Å². The molecule has 1 saturated heterocycles. The molecule has 0 aliphatic carbocycles. The van der Waals surface area contributed by atoms with E-state index in [2.05, 4.69) is 16.9 Å². The Labute approximate surface area is 154 Å². The van der Waals surface area contributed by atoms with Crippen molar-refractivity contribution in [1.29, 1.82) is 0 Å². The van der Waals surface area contributed by atoms with Crippen LogP contribution in [0, 0.1) is 0 Å². The molecule has 0 spiro atoms. The molecule has 1 atom stereocenters. The first-order valence-corrected chi connectivity index (χ1v) is 10.1. The van der Waals surface area contributed by atoms with Crippen molar-refractivity contribution < 1.29 is 17.9 Å². The summed E-state index contributed by atoms with van der Waals surface area (Å²) in [5.74, 6) is 0.573. The molecular formula is C18H23N3O4S. The van der Waals surface area contributed by atoms with Gasteiger partial charge in [0.1, 0.15) is 6.10 Å². The maximum Gasteiger partial charge on any atom is 0.278 e. The Hall–Kier alpha value is -2.19. The largest absolute Gasteiger partial charge is 0.477 e. The fraction of sp³-hybridized carbons (Fsp3) is 0.444. The summed E-state index contributed by atoms with van der Waals surface area (Å²) in [4.78, 5) is 8.46. The van der Waals surface area contributed by atoms with E-state index in [0.29, 0.717) is 23.7 Å². The molecule has 0 bridgehead atoms. The number of rotatable bonds is 7. The van der Waals surface area contributed by atoms with E-state index in [0.717, 1.165) is 18.4 Å². The molecule has 7 nitrogen and oxygen atoms in total. The average Bonchev–Trinajstić information content (AvgIpc) is 3.12. The fourth-order valence-corrected chi connectivity index (χ4v) is 4.46. The summed E-state index contributed by atoms with van der Waals surface area (Å²) in [6, 6.07) is 7.12. The lowest BCUT2D eigenvalue weighted by molar-refractivity contribution is 0.194. The normalized spacial score (nSPS) is 18.0. The van der Waals surface area contributed by atoms with Crippen LogP contribution in [0.2, 0.25) is 0 Å². The van der Waals surface area contributed by atoms with Gasteiger partial charge >= 0.3 is 0 Å². The second-order valence-electron chi connectivity index (χ2n) is 6.16. The van der Waals surface area contributed by atoms with Gasteiger partial charge in [0, 0.05) is 18.9 Å². The highest BCUT2D eigenvalue weighted by Gasteiger charge is 2.34. The minimum Gasteiger partial charge on any atom is -0.477 e.